The maximum absolute atomic E-state index is 12.8. The second-order valence-electron chi connectivity index (χ2n) is 7.93. The lowest BCUT2D eigenvalue weighted by atomic mass is 9.95. The van der Waals surface area contributed by atoms with Crippen molar-refractivity contribution < 1.29 is 4.79 Å². The summed E-state index contributed by atoms with van der Waals surface area (Å²) in [6, 6.07) is 7.60. The fourth-order valence-electron chi connectivity index (χ4n) is 3.93. The Morgan fingerprint density at radius 2 is 1.93 bits per heavy atom. The molecule has 0 saturated carbocycles. The van der Waals surface area contributed by atoms with Crippen molar-refractivity contribution in [3.8, 4) is 0 Å². The molecule has 4 rings (SSSR count). The molecule has 1 aromatic carbocycles. The summed E-state index contributed by atoms with van der Waals surface area (Å²) in [5, 5.41) is 8.40. The molecule has 2 aromatic heterocycles. The molecule has 1 fully saturated rings. The van der Waals surface area contributed by atoms with E-state index in [1.165, 1.54) is 15.9 Å². The number of carbonyl (C=O) groups excluding carboxylic acids is 1. The highest BCUT2D eigenvalue weighted by Gasteiger charge is 2.27. The summed E-state index contributed by atoms with van der Waals surface area (Å²) in [5.74, 6) is 0.0603. The molecule has 1 aliphatic heterocycles. The van der Waals surface area contributed by atoms with Crippen LogP contribution in [-0.4, -0.2) is 33.6 Å². The van der Waals surface area contributed by atoms with Gasteiger partial charge in [-0.15, -0.1) is 5.10 Å². The first kappa shape index (κ1) is 20.5. The minimum absolute atomic E-state index is 0.0216. The smallest absolute Gasteiger partial charge is 0.275 e. The highest BCUT2D eigenvalue weighted by Crippen LogP contribution is 2.28. The Balaban J connectivity index is 1.43. The maximum Gasteiger partial charge on any atom is 0.275 e. The van der Waals surface area contributed by atoms with E-state index in [2.05, 4.69) is 27.2 Å². The number of hydrogen-bond donors (Lipinski definition) is 1. The highest BCUT2D eigenvalue weighted by atomic mass is 32.1. The average molecular weight is 426 g/mol. The van der Waals surface area contributed by atoms with Crippen molar-refractivity contribution >= 4 is 33.0 Å². The first-order valence-electron chi connectivity index (χ1n) is 10.5. The van der Waals surface area contributed by atoms with Gasteiger partial charge in [-0.1, -0.05) is 42.9 Å². The number of benzene rings is 1. The van der Waals surface area contributed by atoms with Crippen LogP contribution in [0.4, 0.5) is 10.8 Å². The summed E-state index contributed by atoms with van der Waals surface area (Å²) in [5.41, 5.74) is 3.77. The zero-order valence-electron chi connectivity index (χ0n) is 17.6. The Kier molecular flexibility index (Phi) is 5.85. The van der Waals surface area contributed by atoms with Crippen LogP contribution in [-0.2, 0) is 11.2 Å². The molecule has 1 saturated heterocycles. The Hall–Kier alpha value is -2.74. The van der Waals surface area contributed by atoms with Gasteiger partial charge in [-0.25, -0.2) is 4.98 Å². The molecule has 8 heteroatoms. The van der Waals surface area contributed by atoms with Crippen LogP contribution in [0.5, 0.6) is 0 Å². The van der Waals surface area contributed by atoms with Gasteiger partial charge in [-0.3, -0.25) is 9.59 Å². The summed E-state index contributed by atoms with van der Waals surface area (Å²) in [6.45, 7) is 7.57. The van der Waals surface area contributed by atoms with Gasteiger partial charge in [-0.2, -0.15) is 4.52 Å². The number of carbonyl (C=O) groups is 1. The molecule has 3 heterocycles. The van der Waals surface area contributed by atoms with E-state index < -0.39 is 0 Å². The van der Waals surface area contributed by atoms with Crippen LogP contribution in [0.25, 0.3) is 4.96 Å². The molecule has 1 amide bonds. The van der Waals surface area contributed by atoms with Gasteiger partial charge in [0.2, 0.25) is 16.0 Å². The maximum atomic E-state index is 12.8. The van der Waals surface area contributed by atoms with Crippen LogP contribution in [0.2, 0.25) is 0 Å². The predicted octanol–water partition coefficient (Wildman–Crippen LogP) is 3.58. The quantitative estimate of drug-likeness (QED) is 0.676. The number of aryl methyl sites for hydroxylation is 3. The molecule has 158 valence electrons. The van der Waals surface area contributed by atoms with Crippen LogP contribution >= 0.6 is 11.3 Å². The molecule has 0 bridgehead atoms. The van der Waals surface area contributed by atoms with Crippen molar-refractivity contribution in [3.63, 3.8) is 0 Å². The fourth-order valence-corrected chi connectivity index (χ4v) is 4.91. The monoisotopic (exact) mass is 425 g/mol. The molecule has 1 N–H and O–H groups in total. The molecule has 0 unspecified atom stereocenters. The van der Waals surface area contributed by atoms with Crippen LogP contribution in [0.3, 0.4) is 0 Å². The molecule has 0 spiro atoms. The molecular formula is C22H27N5O2S. The van der Waals surface area contributed by atoms with E-state index in [1.54, 1.807) is 6.07 Å². The van der Waals surface area contributed by atoms with Crippen molar-refractivity contribution in [2.45, 2.75) is 46.5 Å². The first-order chi connectivity index (χ1) is 14.5. The molecule has 0 radical (unpaired) electrons. The molecule has 1 aliphatic rings. The lowest BCUT2D eigenvalue weighted by molar-refractivity contribution is -0.120. The van der Waals surface area contributed by atoms with Gasteiger partial charge in [0.15, 0.2) is 0 Å². The van der Waals surface area contributed by atoms with E-state index in [-0.39, 0.29) is 17.4 Å². The zero-order valence-corrected chi connectivity index (χ0v) is 18.5. The van der Waals surface area contributed by atoms with E-state index in [0.717, 1.165) is 66.4 Å². The lowest BCUT2D eigenvalue weighted by Crippen LogP contribution is -2.38. The largest absolute Gasteiger partial charge is 0.347 e. The number of fused-ring (bicyclic) bond motifs is 1. The molecular weight excluding hydrogens is 398 g/mol. The van der Waals surface area contributed by atoms with Crippen molar-refractivity contribution in [2.75, 3.05) is 23.3 Å². The van der Waals surface area contributed by atoms with Gasteiger partial charge in [-0.05, 0) is 44.2 Å². The molecule has 0 atom stereocenters. The number of anilines is 2. The number of para-hydroxylation sites is 1. The minimum Gasteiger partial charge on any atom is -0.347 e. The SMILES string of the molecule is CCCc1cc(=O)n2nc(N3CCC(C(=O)Nc4c(C)cccc4C)CC3)sc2n1. The highest BCUT2D eigenvalue weighted by molar-refractivity contribution is 7.20. The average Bonchev–Trinajstić information content (AvgIpc) is 3.16. The fraction of sp³-hybridized carbons (Fsp3) is 0.455. The number of aromatic nitrogens is 3. The summed E-state index contributed by atoms with van der Waals surface area (Å²) in [4.78, 5) is 32.5. The second kappa shape index (κ2) is 8.55. The Morgan fingerprint density at radius 3 is 2.60 bits per heavy atom. The molecule has 0 aliphatic carbocycles. The topological polar surface area (TPSA) is 79.6 Å². The van der Waals surface area contributed by atoms with Gasteiger partial charge in [0.1, 0.15) is 0 Å². The van der Waals surface area contributed by atoms with Crippen molar-refractivity contribution in [1.82, 2.24) is 14.6 Å². The number of piperidine rings is 1. The van der Waals surface area contributed by atoms with Crippen molar-refractivity contribution in [1.29, 1.82) is 0 Å². The number of amides is 1. The molecule has 30 heavy (non-hydrogen) atoms. The van der Waals surface area contributed by atoms with Gasteiger partial charge < -0.3 is 10.2 Å². The predicted molar refractivity (Wildman–Crippen MR) is 121 cm³/mol. The normalized spacial score (nSPS) is 15.0. The van der Waals surface area contributed by atoms with E-state index in [4.69, 9.17) is 0 Å². The Labute approximate surface area is 179 Å². The minimum atomic E-state index is -0.131. The lowest BCUT2D eigenvalue weighted by Gasteiger charge is -2.30. The zero-order chi connectivity index (χ0) is 21.3. The van der Waals surface area contributed by atoms with Crippen molar-refractivity contribution in [2.24, 2.45) is 5.92 Å². The van der Waals surface area contributed by atoms with E-state index in [9.17, 15) is 9.59 Å². The van der Waals surface area contributed by atoms with Crippen LogP contribution in [0.15, 0.2) is 29.1 Å². The van der Waals surface area contributed by atoms with Crippen LogP contribution in [0, 0.1) is 19.8 Å². The third-order valence-electron chi connectivity index (χ3n) is 5.66. The summed E-state index contributed by atoms with van der Waals surface area (Å²) < 4.78 is 1.39. The number of nitrogens with one attached hydrogen (secondary N) is 1. The van der Waals surface area contributed by atoms with Crippen LogP contribution < -0.4 is 15.8 Å². The van der Waals surface area contributed by atoms with E-state index >= 15 is 0 Å². The third kappa shape index (κ3) is 4.09. The van der Waals surface area contributed by atoms with Gasteiger partial charge in [0.25, 0.3) is 5.56 Å². The van der Waals surface area contributed by atoms with Gasteiger partial charge in [0, 0.05) is 36.5 Å². The third-order valence-corrected chi connectivity index (χ3v) is 6.63. The second-order valence-corrected chi connectivity index (χ2v) is 8.87. The first-order valence-corrected chi connectivity index (χ1v) is 11.3. The van der Waals surface area contributed by atoms with E-state index in [0.29, 0.717) is 4.96 Å². The van der Waals surface area contributed by atoms with Gasteiger partial charge >= 0.3 is 0 Å². The number of hydrogen-bond acceptors (Lipinski definition) is 6. The molecule has 7 nitrogen and oxygen atoms in total. The number of rotatable bonds is 5. The standard InChI is InChI=1S/C22H27N5O2S/c1-4-6-17-13-18(28)27-21(23-17)30-22(25-27)26-11-9-16(10-12-26)20(29)24-19-14(2)7-5-8-15(19)3/h5,7-8,13,16H,4,6,9-12H2,1-3H3,(H,24,29). The summed E-state index contributed by atoms with van der Waals surface area (Å²) in [7, 11) is 0. The van der Waals surface area contributed by atoms with E-state index in [1.807, 2.05) is 32.0 Å². The molecule has 3 aromatic rings. The Morgan fingerprint density at radius 1 is 1.23 bits per heavy atom. The van der Waals surface area contributed by atoms with Gasteiger partial charge in [0.05, 0.1) is 0 Å². The van der Waals surface area contributed by atoms with Crippen molar-refractivity contribution in [3.05, 3.63) is 51.4 Å². The summed E-state index contributed by atoms with van der Waals surface area (Å²) >= 11 is 1.44. The number of nitrogens with zero attached hydrogens (tertiary/aromatic N) is 4. The summed E-state index contributed by atoms with van der Waals surface area (Å²) in [6.07, 6.45) is 3.26. The van der Waals surface area contributed by atoms with Crippen LogP contribution in [0.1, 0.15) is 43.0 Å². The Bertz CT molecular complexity index is 1110.